The van der Waals surface area contributed by atoms with E-state index in [9.17, 15) is 4.79 Å². The molecule has 0 aliphatic heterocycles. The lowest BCUT2D eigenvalue weighted by Crippen LogP contribution is -3.00. The smallest absolute Gasteiger partial charge is 0.360 e. The molecule has 0 radical (unpaired) electrons. The first-order chi connectivity index (χ1) is 9.52. The average molecular weight is 375 g/mol. The summed E-state index contributed by atoms with van der Waals surface area (Å²) in [7, 11) is 0. The van der Waals surface area contributed by atoms with Gasteiger partial charge >= 0.3 is 11.9 Å². The molecule has 1 aromatic carbocycles. The number of esters is 1. The molecule has 114 valence electrons. The molecule has 0 saturated carbocycles. The Morgan fingerprint density at radius 2 is 2.19 bits per heavy atom. The summed E-state index contributed by atoms with van der Waals surface area (Å²) in [5.41, 5.74) is 8.00. The summed E-state index contributed by atoms with van der Waals surface area (Å²) < 4.78 is 8.37. The van der Waals surface area contributed by atoms with Crippen LogP contribution < -0.4 is 27.3 Å². The normalized spacial score (nSPS) is 10.0. The summed E-state index contributed by atoms with van der Waals surface area (Å²) >= 11 is 5.95. The molecule has 2 aromatic rings. The van der Waals surface area contributed by atoms with Gasteiger partial charge in [-0.05, 0) is 37.6 Å². The zero-order chi connectivity index (χ0) is 14.7. The minimum Gasteiger partial charge on any atom is -1.00 e. The van der Waals surface area contributed by atoms with E-state index in [0.717, 1.165) is 11.3 Å². The summed E-state index contributed by atoms with van der Waals surface area (Å²) in [6.45, 7) is 4.18. The van der Waals surface area contributed by atoms with Crippen LogP contribution in [0.3, 0.4) is 0 Å². The van der Waals surface area contributed by atoms with E-state index in [4.69, 9.17) is 22.1 Å². The van der Waals surface area contributed by atoms with Crippen molar-refractivity contribution in [2.24, 2.45) is 0 Å². The van der Waals surface area contributed by atoms with Crippen molar-refractivity contribution < 1.29 is 31.1 Å². The zero-order valence-electron chi connectivity index (χ0n) is 11.8. The third-order valence-electron chi connectivity index (χ3n) is 2.96. The molecule has 0 unspecified atom stereocenters. The number of carbonyl (C=O) groups is 1. The standard InChI is InChI=1S/C14H16ClN3O2.BrH/c1-3-20-13(19)9-17-6-7-18(14(17)16)12-5-4-11(15)8-10(12)2;/h4-8,16H,3,9H2,1-2H3;1H. The Morgan fingerprint density at radius 1 is 1.48 bits per heavy atom. The quantitative estimate of drug-likeness (QED) is 0.544. The number of aryl methyl sites for hydroxylation is 1. The van der Waals surface area contributed by atoms with Crippen molar-refractivity contribution in [3.05, 3.63) is 41.2 Å². The van der Waals surface area contributed by atoms with Gasteiger partial charge in [0.05, 0.1) is 12.8 Å². The number of anilines is 1. The molecule has 0 spiro atoms. The number of nitrogen functional groups attached to an aromatic ring is 1. The van der Waals surface area contributed by atoms with Crippen LogP contribution in [0, 0.1) is 6.92 Å². The first-order valence-electron chi connectivity index (χ1n) is 6.31. The van der Waals surface area contributed by atoms with Gasteiger partial charge in [0.1, 0.15) is 11.9 Å². The van der Waals surface area contributed by atoms with Gasteiger partial charge in [-0.15, -0.1) is 0 Å². The van der Waals surface area contributed by atoms with Gasteiger partial charge in [-0.3, -0.25) is 5.73 Å². The molecular formula is C14H17BrClN3O2. The van der Waals surface area contributed by atoms with Crippen molar-refractivity contribution in [3.8, 4) is 5.69 Å². The molecule has 0 aliphatic rings. The monoisotopic (exact) mass is 373 g/mol. The molecule has 2 N–H and O–H groups in total. The largest absolute Gasteiger partial charge is 1.00 e. The van der Waals surface area contributed by atoms with E-state index in [0.29, 0.717) is 17.6 Å². The maximum Gasteiger partial charge on any atom is 0.360 e. The number of hydrogen-bond acceptors (Lipinski definition) is 3. The number of aromatic nitrogens is 2. The minimum atomic E-state index is -0.310. The fraction of sp³-hybridized carbons (Fsp3) is 0.286. The van der Waals surface area contributed by atoms with E-state index in [1.807, 2.05) is 29.8 Å². The number of imidazole rings is 1. The number of ether oxygens (including phenoxy) is 1. The molecule has 2 rings (SSSR count). The first kappa shape index (κ1) is 17.5. The van der Waals surface area contributed by atoms with Crippen molar-refractivity contribution in [2.75, 3.05) is 12.3 Å². The number of nitrogens with two attached hydrogens (primary N) is 1. The summed E-state index contributed by atoms with van der Waals surface area (Å²) in [5, 5.41) is 0.677. The Kier molecular flexibility index (Phi) is 6.23. The van der Waals surface area contributed by atoms with Crippen molar-refractivity contribution in [1.29, 1.82) is 0 Å². The van der Waals surface area contributed by atoms with Crippen LogP contribution in [-0.4, -0.2) is 17.1 Å². The molecule has 0 bridgehead atoms. The summed E-state index contributed by atoms with van der Waals surface area (Å²) in [4.78, 5) is 11.5. The molecule has 1 heterocycles. The highest BCUT2D eigenvalue weighted by Crippen LogP contribution is 2.20. The molecule has 7 heteroatoms. The van der Waals surface area contributed by atoms with Crippen LogP contribution in [0.2, 0.25) is 5.02 Å². The molecule has 5 nitrogen and oxygen atoms in total. The first-order valence-corrected chi connectivity index (χ1v) is 6.69. The van der Waals surface area contributed by atoms with Gasteiger partial charge in [0, 0.05) is 5.02 Å². The fourth-order valence-electron chi connectivity index (χ4n) is 2.01. The van der Waals surface area contributed by atoms with Gasteiger partial charge in [-0.25, -0.2) is 13.9 Å². The van der Waals surface area contributed by atoms with E-state index in [1.165, 1.54) is 0 Å². The summed E-state index contributed by atoms with van der Waals surface area (Å²) in [6.07, 6.45) is 3.56. The maximum atomic E-state index is 11.5. The SMILES string of the molecule is CCOC(=O)C[n+]1ccn(-c2ccc(Cl)cc2C)c1N.[Br-]. The van der Waals surface area contributed by atoms with Gasteiger partial charge in [0.15, 0.2) is 6.54 Å². The van der Waals surface area contributed by atoms with Crippen molar-refractivity contribution >= 4 is 23.5 Å². The number of halogens is 2. The second-order valence-electron chi connectivity index (χ2n) is 4.39. The van der Waals surface area contributed by atoms with Crippen molar-refractivity contribution in [2.45, 2.75) is 20.4 Å². The highest BCUT2D eigenvalue weighted by atomic mass is 79.9. The Labute approximate surface area is 139 Å². The van der Waals surface area contributed by atoms with Gasteiger partial charge in [0.2, 0.25) is 0 Å². The van der Waals surface area contributed by atoms with Gasteiger partial charge in [-0.2, -0.15) is 0 Å². The summed E-state index contributed by atoms with van der Waals surface area (Å²) in [6, 6.07) is 5.56. The third-order valence-corrected chi connectivity index (χ3v) is 3.20. The van der Waals surface area contributed by atoms with E-state index in [1.54, 1.807) is 23.8 Å². The highest BCUT2D eigenvalue weighted by molar-refractivity contribution is 6.30. The number of rotatable bonds is 4. The molecule has 1 aromatic heterocycles. The molecule has 0 atom stereocenters. The van der Waals surface area contributed by atoms with Gasteiger partial charge in [-0.1, -0.05) is 11.6 Å². The number of benzene rings is 1. The van der Waals surface area contributed by atoms with Crippen LogP contribution >= 0.6 is 11.6 Å². The lowest BCUT2D eigenvalue weighted by Gasteiger charge is -2.05. The fourth-order valence-corrected chi connectivity index (χ4v) is 2.24. The second-order valence-corrected chi connectivity index (χ2v) is 4.83. The summed E-state index contributed by atoms with van der Waals surface area (Å²) in [5.74, 6) is 0.151. The molecule has 21 heavy (non-hydrogen) atoms. The number of carbonyl (C=O) groups excluding carboxylic acids is 1. The van der Waals surface area contributed by atoms with Crippen LogP contribution in [0.15, 0.2) is 30.6 Å². The van der Waals surface area contributed by atoms with E-state index < -0.39 is 0 Å². The predicted octanol–water partition coefficient (Wildman–Crippen LogP) is -1.12. The van der Waals surface area contributed by atoms with E-state index in [2.05, 4.69) is 0 Å². The third kappa shape index (κ3) is 3.98. The average Bonchev–Trinajstić information content (AvgIpc) is 2.72. The molecule has 0 aliphatic carbocycles. The zero-order valence-corrected chi connectivity index (χ0v) is 14.2. The van der Waals surface area contributed by atoms with Crippen molar-refractivity contribution in [3.63, 3.8) is 0 Å². The Bertz CT molecular complexity index is 643. The second kappa shape index (κ2) is 7.47. The van der Waals surface area contributed by atoms with Crippen molar-refractivity contribution in [1.82, 2.24) is 4.57 Å². The molecular weight excluding hydrogens is 358 g/mol. The van der Waals surface area contributed by atoms with Crippen LogP contribution in [0.25, 0.3) is 5.69 Å². The predicted molar refractivity (Wildman–Crippen MR) is 76.8 cm³/mol. The minimum absolute atomic E-state index is 0. The molecule has 0 saturated heterocycles. The Balaban J connectivity index is 0.00000220. The Morgan fingerprint density at radius 3 is 2.81 bits per heavy atom. The number of hydrogen-bond donors (Lipinski definition) is 1. The van der Waals surface area contributed by atoms with E-state index in [-0.39, 0.29) is 29.5 Å². The topological polar surface area (TPSA) is 61.1 Å². The molecule has 0 amide bonds. The highest BCUT2D eigenvalue weighted by Gasteiger charge is 2.18. The molecule has 0 fully saturated rings. The van der Waals surface area contributed by atoms with Crippen LogP contribution in [-0.2, 0) is 16.1 Å². The van der Waals surface area contributed by atoms with Gasteiger partial charge in [0.25, 0.3) is 0 Å². The lowest BCUT2D eigenvalue weighted by atomic mass is 10.2. The lowest BCUT2D eigenvalue weighted by molar-refractivity contribution is -0.670. The van der Waals surface area contributed by atoms with Crippen LogP contribution in [0.1, 0.15) is 12.5 Å². The van der Waals surface area contributed by atoms with E-state index >= 15 is 0 Å². The van der Waals surface area contributed by atoms with Gasteiger partial charge < -0.3 is 21.7 Å². The number of nitrogens with zero attached hydrogens (tertiary/aromatic N) is 2. The Hall–Kier alpha value is -1.53. The van der Waals surface area contributed by atoms with Crippen LogP contribution in [0.5, 0.6) is 0 Å². The van der Waals surface area contributed by atoms with Crippen LogP contribution in [0.4, 0.5) is 5.95 Å². The maximum absolute atomic E-state index is 11.5.